The summed E-state index contributed by atoms with van der Waals surface area (Å²) in [6.45, 7) is 0. The van der Waals surface area contributed by atoms with Gasteiger partial charge in [0, 0.05) is 11.0 Å². The van der Waals surface area contributed by atoms with E-state index < -0.39 is 6.10 Å². The molecular weight excluding hydrogens is 196 g/mol. The lowest BCUT2D eigenvalue weighted by molar-refractivity contribution is 0.174. The maximum atomic E-state index is 9.76. The summed E-state index contributed by atoms with van der Waals surface area (Å²) in [7, 11) is 0. The van der Waals surface area contributed by atoms with Crippen LogP contribution in [-0.2, 0) is 0 Å². The molecule has 0 aromatic carbocycles. The van der Waals surface area contributed by atoms with Gasteiger partial charge in [-0.25, -0.2) is 0 Å². The second kappa shape index (κ2) is 4.89. The van der Waals surface area contributed by atoms with E-state index in [9.17, 15) is 5.11 Å². The molecule has 0 bridgehead atoms. The van der Waals surface area contributed by atoms with Gasteiger partial charge < -0.3 is 9.52 Å². The van der Waals surface area contributed by atoms with Crippen molar-refractivity contribution in [2.75, 3.05) is 5.75 Å². The van der Waals surface area contributed by atoms with Gasteiger partial charge in [0.1, 0.15) is 11.9 Å². The Balaban J connectivity index is 1.74. The fraction of sp³-hybridized carbons (Fsp3) is 0.636. The van der Waals surface area contributed by atoms with Crippen LogP contribution in [-0.4, -0.2) is 16.1 Å². The van der Waals surface area contributed by atoms with Gasteiger partial charge >= 0.3 is 0 Å². The highest BCUT2D eigenvalue weighted by Gasteiger charge is 2.18. The molecule has 1 atom stereocenters. The summed E-state index contributed by atoms with van der Waals surface area (Å²) >= 11 is 1.88. The fourth-order valence-corrected chi connectivity index (χ4v) is 3.13. The summed E-state index contributed by atoms with van der Waals surface area (Å²) in [5.41, 5.74) is 0. The maximum absolute atomic E-state index is 9.76. The Kier molecular flexibility index (Phi) is 3.54. The van der Waals surface area contributed by atoms with Crippen LogP contribution < -0.4 is 0 Å². The van der Waals surface area contributed by atoms with E-state index in [1.807, 2.05) is 23.9 Å². The van der Waals surface area contributed by atoms with Gasteiger partial charge in [0.05, 0.1) is 6.26 Å². The van der Waals surface area contributed by atoms with Crippen LogP contribution in [0.1, 0.15) is 37.5 Å². The topological polar surface area (TPSA) is 33.4 Å². The van der Waals surface area contributed by atoms with Gasteiger partial charge in [-0.15, -0.1) is 0 Å². The highest BCUT2D eigenvalue weighted by molar-refractivity contribution is 7.99. The van der Waals surface area contributed by atoms with Gasteiger partial charge in [0.15, 0.2) is 0 Å². The van der Waals surface area contributed by atoms with E-state index in [4.69, 9.17) is 4.42 Å². The smallest absolute Gasteiger partial charge is 0.133 e. The molecule has 1 heterocycles. The van der Waals surface area contributed by atoms with Crippen LogP contribution in [0, 0.1) is 0 Å². The number of aliphatic hydroxyl groups is 1. The molecule has 78 valence electrons. The standard InChI is InChI=1S/C11H16O2S/c12-10(11-6-3-7-13-11)8-14-9-4-1-2-5-9/h3,6-7,9-10,12H,1-2,4-5,8H2. The predicted octanol–water partition coefficient (Wildman–Crippen LogP) is 2.99. The molecule has 1 aromatic heterocycles. The number of rotatable bonds is 4. The Hall–Kier alpha value is -0.410. The average Bonchev–Trinajstić information content (AvgIpc) is 2.87. The SMILES string of the molecule is OC(CSC1CCCC1)c1ccco1. The van der Waals surface area contributed by atoms with Crippen molar-refractivity contribution in [1.82, 2.24) is 0 Å². The number of hydrogen-bond donors (Lipinski definition) is 1. The second-order valence-electron chi connectivity index (χ2n) is 3.77. The first-order chi connectivity index (χ1) is 6.86. The fourth-order valence-electron chi connectivity index (χ4n) is 1.85. The Bertz CT molecular complexity index is 252. The van der Waals surface area contributed by atoms with Crippen LogP contribution in [0.5, 0.6) is 0 Å². The van der Waals surface area contributed by atoms with E-state index in [-0.39, 0.29) is 0 Å². The second-order valence-corrected chi connectivity index (χ2v) is 5.10. The Labute approximate surface area is 88.7 Å². The maximum Gasteiger partial charge on any atom is 0.133 e. The van der Waals surface area contributed by atoms with E-state index in [1.165, 1.54) is 25.7 Å². The highest BCUT2D eigenvalue weighted by Crippen LogP contribution is 2.31. The lowest BCUT2D eigenvalue weighted by Gasteiger charge is -2.11. The van der Waals surface area contributed by atoms with Crippen molar-refractivity contribution in [3.8, 4) is 0 Å². The molecule has 1 aromatic rings. The molecular formula is C11H16O2S. The molecule has 0 spiro atoms. The molecule has 1 N–H and O–H groups in total. The van der Waals surface area contributed by atoms with E-state index in [2.05, 4.69) is 0 Å². The number of thioether (sulfide) groups is 1. The molecule has 0 amide bonds. The van der Waals surface area contributed by atoms with Crippen molar-refractivity contribution in [2.24, 2.45) is 0 Å². The molecule has 0 aliphatic heterocycles. The zero-order valence-corrected chi connectivity index (χ0v) is 9.00. The predicted molar refractivity (Wildman–Crippen MR) is 58.4 cm³/mol. The van der Waals surface area contributed by atoms with Crippen LogP contribution >= 0.6 is 11.8 Å². The van der Waals surface area contributed by atoms with E-state index in [0.717, 1.165) is 11.0 Å². The first kappa shape index (κ1) is 10.1. The van der Waals surface area contributed by atoms with Crippen molar-refractivity contribution >= 4 is 11.8 Å². The largest absolute Gasteiger partial charge is 0.467 e. The minimum atomic E-state index is -0.435. The van der Waals surface area contributed by atoms with Gasteiger partial charge in [-0.2, -0.15) is 11.8 Å². The third-order valence-corrected chi connectivity index (χ3v) is 4.11. The van der Waals surface area contributed by atoms with Crippen molar-refractivity contribution in [3.05, 3.63) is 24.2 Å². The molecule has 1 fully saturated rings. The lowest BCUT2D eigenvalue weighted by Crippen LogP contribution is -2.03. The third kappa shape index (κ3) is 2.55. The molecule has 14 heavy (non-hydrogen) atoms. The van der Waals surface area contributed by atoms with Crippen LogP contribution in [0.25, 0.3) is 0 Å². The van der Waals surface area contributed by atoms with Gasteiger partial charge in [0.25, 0.3) is 0 Å². The molecule has 1 saturated carbocycles. The highest BCUT2D eigenvalue weighted by atomic mass is 32.2. The Morgan fingerprint density at radius 3 is 2.93 bits per heavy atom. The van der Waals surface area contributed by atoms with Crippen molar-refractivity contribution in [2.45, 2.75) is 37.0 Å². The molecule has 1 aliphatic rings. The molecule has 0 radical (unpaired) electrons. The van der Waals surface area contributed by atoms with E-state index in [0.29, 0.717) is 5.76 Å². The van der Waals surface area contributed by atoms with Gasteiger partial charge in [-0.3, -0.25) is 0 Å². The van der Waals surface area contributed by atoms with Crippen LogP contribution in [0.2, 0.25) is 0 Å². The minimum Gasteiger partial charge on any atom is -0.467 e. The first-order valence-electron chi connectivity index (χ1n) is 5.19. The average molecular weight is 212 g/mol. The Morgan fingerprint density at radius 2 is 2.29 bits per heavy atom. The van der Waals surface area contributed by atoms with Crippen molar-refractivity contribution < 1.29 is 9.52 Å². The molecule has 3 heteroatoms. The lowest BCUT2D eigenvalue weighted by atomic mass is 10.3. The van der Waals surface area contributed by atoms with Crippen LogP contribution in [0.4, 0.5) is 0 Å². The number of aliphatic hydroxyl groups excluding tert-OH is 1. The Morgan fingerprint density at radius 1 is 1.50 bits per heavy atom. The first-order valence-corrected chi connectivity index (χ1v) is 6.24. The molecule has 0 saturated heterocycles. The van der Waals surface area contributed by atoms with Gasteiger partial charge in [-0.05, 0) is 25.0 Å². The summed E-state index contributed by atoms with van der Waals surface area (Å²) in [5.74, 6) is 1.45. The van der Waals surface area contributed by atoms with Crippen LogP contribution in [0.3, 0.4) is 0 Å². The summed E-state index contributed by atoms with van der Waals surface area (Å²) in [6.07, 6.45) is 6.52. The summed E-state index contributed by atoms with van der Waals surface area (Å²) in [6, 6.07) is 3.65. The molecule has 2 rings (SSSR count). The van der Waals surface area contributed by atoms with Crippen molar-refractivity contribution in [1.29, 1.82) is 0 Å². The van der Waals surface area contributed by atoms with E-state index in [1.54, 1.807) is 6.26 Å². The zero-order valence-electron chi connectivity index (χ0n) is 8.19. The van der Waals surface area contributed by atoms with Crippen molar-refractivity contribution in [3.63, 3.8) is 0 Å². The molecule has 1 unspecified atom stereocenters. The number of furan rings is 1. The minimum absolute atomic E-state index is 0.435. The number of hydrogen-bond acceptors (Lipinski definition) is 3. The molecule has 2 nitrogen and oxygen atoms in total. The van der Waals surface area contributed by atoms with Gasteiger partial charge in [-0.1, -0.05) is 12.8 Å². The third-order valence-electron chi connectivity index (χ3n) is 2.66. The van der Waals surface area contributed by atoms with Gasteiger partial charge in [0.2, 0.25) is 0 Å². The quantitative estimate of drug-likeness (QED) is 0.833. The summed E-state index contributed by atoms with van der Waals surface area (Å²) < 4.78 is 5.15. The summed E-state index contributed by atoms with van der Waals surface area (Å²) in [4.78, 5) is 0. The van der Waals surface area contributed by atoms with Crippen LogP contribution in [0.15, 0.2) is 22.8 Å². The zero-order chi connectivity index (χ0) is 9.80. The normalized spacial score (nSPS) is 20.1. The van der Waals surface area contributed by atoms with E-state index >= 15 is 0 Å². The summed E-state index contributed by atoms with van der Waals surface area (Å²) in [5, 5.41) is 10.5. The monoisotopic (exact) mass is 212 g/mol. The molecule has 1 aliphatic carbocycles.